The summed E-state index contributed by atoms with van der Waals surface area (Å²) in [6.45, 7) is 22.3. The molecule has 8 heterocycles. The van der Waals surface area contributed by atoms with E-state index in [2.05, 4.69) is 80.1 Å². The number of rotatable bonds is 11. The van der Waals surface area contributed by atoms with Crippen molar-refractivity contribution in [3.8, 4) is 11.3 Å². The van der Waals surface area contributed by atoms with Crippen molar-refractivity contribution in [3.63, 3.8) is 0 Å². The number of amides is 2. The van der Waals surface area contributed by atoms with Crippen LogP contribution in [-0.4, -0.2) is 108 Å². The van der Waals surface area contributed by atoms with Crippen LogP contribution in [0.15, 0.2) is 158 Å². The van der Waals surface area contributed by atoms with Gasteiger partial charge in [0.1, 0.15) is 10.3 Å². The first kappa shape index (κ1) is 80.9. The molecule has 5 aromatic carbocycles. The number of nitrogens with zero attached hydrogens (tertiary/aromatic N) is 7. The summed E-state index contributed by atoms with van der Waals surface area (Å²) in [6, 6.07) is 35.2. The average Bonchev–Trinajstić information content (AvgIpc) is 1.61. The van der Waals surface area contributed by atoms with Gasteiger partial charge in [0.2, 0.25) is 0 Å². The van der Waals surface area contributed by atoms with Gasteiger partial charge in [-0.1, -0.05) is 35.3 Å². The van der Waals surface area contributed by atoms with Crippen molar-refractivity contribution in [1.82, 2.24) is 15.0 Å². The van der Waals surface area contributed by atoms with Crippen molar-refractivity contribution in [2.45, 2.75) is 148 Å². The van der Waals surface area contributed by atoms with Crippen LogP contribution in [0, 0.1) is 10.1 Å². The lowest BCUT2D eigenvalue weighted by atomic mass is 9.77. The first-order valence-corrected chi connectivity index (χ1v) is 35.7. The minimum absolute atomic E-state index is 0.0502. The van der Waals surface area contributed by atoms with Crippen molar-refractivity contribution < 1.29 is 59.5 Å². The number of aromatic nitrogens is 3. The molecule has 0 bridgehead atoms. The van der Waals surface area contributed by atoms with Gasteiger partial charge < -0.3 is 61.2 Å². The van der Waals surface area contributed by atoms with Crippen LogP contribution < -0.4 is 53.5 Å². The fourth-order valence-corrected chi connectivity index (χ4v) is 12.4. The number of hydrogen-bond acceptors (Lipinski definition) is 17. The van der Waals surface area contributed by atoms with E-state index in [1.807, 2.05) is 64.1 Å². The van der Waals surface area contributed by atoms with E-state index in [1.54, 1.807) is 36.5 Å². The van der Waals surface area contributed by atoms with Gasteiger partial charge in [0, 0.05) is 132 Å². The molecule has 13 rings (SSSR count). The standard InChI is InChI=1S/C24H23F3N4O.C17H25BN2O4.C17H27BN2O2.C13H8ClF3N2O.C5H5ClN2/c25-24(26,27)17-6-4-5-16(13-17)23(32)30-18-9-10-29-22(14-18)20-15-19(7-8-21(20)28)31-11-2-1-3-12-31;1-16(2)17(3,4)24-18(23-16)14-12-13(8-9-15(14)20(21)22)19-10-6-5-7-11-19;1-16(2)17(3,4)22-18(21-16)14-12-13(8-9-15(14)19)20-10-6-5-7-11-20;14-11-7-10(4-5-18-11)19-12(20)8-2-1-3-9(6-8)13(15,16)17;6-5-3-4(7)1-2-8-5/h4-10,13-15H,1-3,11-12,28H2,(H,29,30,32);8-9,12H,5-7,10-11H2,1-4H3;8-9,12H,5-7,10-11,19H2,1-4H3;1-7H,(H,18,19,20);1-3H,(H2,7,8). The number of halogens is 8. The Hall–Kier alpha value is -9.18. The van der Waals surface area contributed by atoms with E-state index >= 15 is 0 Å². The van der Waals surface area contributed by atoms with Gasteiger partial charge >= 0.3 is 26.6 Å². The Balaban J connectivity index is 0.000000160. The minimum Gasteiger partial charge on any atom is -0.399 e. The molecule has 5 fully saturated rings. The van der Waals surface area contributed by atoms with Gasteiger partial charge in [-0.25, -0.2) is 9.97 Å². The molecule has 0 atom stereocenters. The number of anilines is 8. The van der Waals surface area contributed by atoms with Crippen LogP contribution in [0.2, 0.25) is 10.3 Å². The molecule has 3 aromatic heterocycles. The summed E-state index contributed by atoms with van der Waals surface area (Å²) in [5.74, 6) is -1.29. The van der Waals surface area contributed by atoms with E-state index in [1.165, 1.54) is 86.6 Å². The first-order chi connectivity index (χ1) is 50.0. The Labute approximate surface area is 624 Å². The van der Waals surface area contributed by atoms with Crippen LogP contribution in [0.1, 0.15) is 145 Å². The summed E-state index contributed by atoms with van der Waals surface area (Å²) in [5.41, 5.74) is 22.9. The molecule has 0 unspecified atom stereocenters. The monoisotopic (exact) mass is 1500 g/mol. The van der Waals surface area contributed by atoms with Gasteiger partial charge in [0.05, 0.1) is 49.6 Å². The lowest BCUT2D eigenvalue weighted by Crippen LogP contribution is -2.41. The SMILES string of the molecule is CC1(C)OB(c2cc(N3CCCCC3)ccc2N)OC1(C)C.CC1(C)OB(c2cc(N3CCCCC3)ccc2[N+](=O)[O-])OC1(C)C.Nc1ccc(N2CCCCC2)cc1-c1cc(NC(=O)c2cccc(C(F)(F)F)c2)ccn1.Nc1ccnc(Cl)c1.O=C(Nc1ccnc(Cl)c1)c1cccc(C(F)(F)F)c1. The van der Waals surface area contributed by atoms with Crippen LogP contribution in [0.5, 0.6) is 0 Å². The molecule has 0 spiro atoms. The third-order valence-electron chi connectivity index (χ3n) is 19.4. The first-order valence-electron chi connectivity index (χ1n) is 34.9. The summed E-state index contributed by atoms with van der Waals surface area (Å²) >= 11 is 11.1. The zero-order valence-electron chi connectivity index (χ0n) is 60.4. The molecule has 562 valence electrons. The predicted molar refractivity (Wildman–Crippen MR) is 409 cm³/mol. The summed E-state index contributed by atoms with van der Waals surface area (Å²) in [7, 11) is -1.12. The Kier molecular flexibility index (Phi) is 26.4. The average molecular weight is 1500 g/mol. The number of nitrogens with two attached hydrogens (primary N) is 3. The normalized spacial score (nSPS) is 17.2. The smallest absolute Gasteiger partial charge is 0.399 e. The van der Waals surface area contributed by atoms with Crippen molar-refractivity contribution in [3.05, 3.63) is 201 Å². The number of carbonyl (C=O) groups is 2. The lowest BCUT2D eigenvalue weighted by molar-refractivity contribution is -0.383. The van der Waals surface area contributed by atoms with E-state index in [4.69, 9.17) is 59.0 Å². The molecule has 0 aliphatic carbocycles. The highest BCUT2D eigenvalue weighted by Gasteiger charge is 2.54. The van der Waals surface area contributed by atoms with Crippen molar-refractivity contribution in [2.75, 3.05) is 81.8 Å². The number of nitrogen functional groups attached to an aromatic ring is 3. The molecule has 8 aromatic rings. The number of nitro benzene ring substituents is 1. The van der Waals surface area contributed by atoms with E-state index in [-0.39, 0.29) is 38.1 Å². The Bertz CT molecular complexity index is 4320. The third-order valence-corrected chi connectivity index (χ3v) is 19.8. The highest BCUT2D eigenvalue weighted by atomic mass is 35.5. The van der Waals surface area contributed by atoms with Crippen LogP contribution in [0.3, 0.4) is 0 Å². The molecule has 0 radical (unpaired) electrons. The molecule has 106 heavy (non-hydrogen) atoms. The highest BCUT2D eigenvalue weighted by molar-refractivity contribution is 6.64. The van der Waals surface area contributed by atoms with Crippen LogP contribution >= 0.6 is 23.2 Å². The summed E-state index contributed by atoms with van der Waals surface area (Å²) < 4.78 is 101. The number of hydrogen-bond donors (Lipinski definition) is 5. The van der Waals surface area contributed by atoms with E-state index in [0.29, 0.717) is 39.1 Å². The number of pyridine rings is 3. The second-order valence-electron chi connectivity index (χ2n) is 28.2. The van der Waals surface area contributed by atoms with Crippen molar-refractivity contribution in [2.24, 2.45) is 0 Å². The second-order valence-corrected chi connectivity index (χ2v) is 29.0. The number of alkyl halides is 6. The van der Waals surface area contributed by atoms with Crippen LogP contribution in [0.4, 0.5) is 77.5 Å². The van der Waals surface area contributed by atoms with Crippen molar-refractivity contribution in [1.29, 1.82) is 0 Å². The Morgan fingerprint density at radius 3 is 1.28 bits per heavy atom. The second kappa shape index (κ2) is 34.6. The molecule has 5 aliphatic heterocycles. The third kappa shape index (κ3) is 21.3. The number of nitro groups is 1. The molecule has 5 saturated heterocycles. The summed E-state index contributed by atoms with van der Waals surface area (Å²) in [4.78, 5) is 54.4. The number of piperidine rings is 3. The number of nitrogens with one attached hydrogen (secondary N) is 2. The van der Waals surface area contributed by atoms with E-state index in [0.717, 1.165) is 117 Å². The fourth-order valence-electron chi connectivity index (χ4n) is 12.0. The van der Waals surface area contributed by atoms with Gasteiger partial charge in [0.15, 0.2) is 0 Å². The zero-order valence-corrected chi connectivity index (χ0v) is 61.9. The molecule has 8 N–H and O–H groups in total. The minimum atomic E-state index is -4.52. The van der Waals surface area contributed by atoms with Crippen molar-refractivity contribution >= 4 is 111 Å². The molecule has 2 amide bonds. The van der Waals surface area contributed by atoms with E-state index in [9.17, 15) is 46.0 Å². The lowest BCUT2D eigenvalue weighted by Gasteiger charge is -2.32. The Morgan fingerprint density at radius 1 is 0.481 bits per heavy atom. The maximum Gasteiger partial charge on any atom is 0.502 e. The molecule has 20 nitrogen and oxygen atoms in total. The molecular formula is C76H88B2Cl2F6N12O8. The maximum atomic E-state index is 12.9. The summed E-state index contributed by atoms with van der Waals surface area (Å²) in [6.07, 6.45) is 6.40. The quantitative estimate of drug-likeness (QED) is 0.0201. The topological polar surface area (TPSA) is 265 Å². The van der Waals surface area contributed by atoms with E-state index < -0.39 is 60.7 Å². The largest absolute Gasteiger partial charge is 0.502 e. The number of carbonyl (C=O) groups excluding carboxylic acids is 2. The predicted octanol–water partition coefficient (Wildman–Crippen LogP) is 16.4. The van der Waals surface area contributed by atoms with Gasteiger partial charge in [-0.3, -0.25) is 24.7 Å². The molecule has 0 saturated carbocycles. The van der Waals surface area contributed by atoms with Crippen LogP contribution in [-0.2, 0) is 31.0 Å². The summed E-state index contributed by atoms with van der Waals surface area (Å²) in [5, 5.41) is 17.2. The van der Waals surface area contributed by atoms with Gasteiger partial charge in [0.25, 0.3) is 17.5 Å². The zero-order chi connectivity index (χ0) is 76.9. The highest BCUT2D eigenvalue weighted by Crippen LogP contribution is 2.40. The van der Waals surface area contributed by atoms with Crippen LogP contribution in [0.25, 0.3) is 11.3 Å². The van der Waals surface area contributed by atoms with Gasteiger partial charge in [-0.05, 0) is 235 Å². The molecule has 30 heteroatoms. The van der Waals surface area contributed by atoms with Gasteiger partial charge in [-0.2, -0.15) is 26.3 Å². The molecule has 5 aliphatic rings. The fraction of sp³-hybridized carbons (Fsp3) is 0.382. The maximum absolute atomic E-state index is 12.9. The Morgan fingerprint density at radius 2 is 0.868 bits per heavy atom. The molecular weight excluding hydrogens is 1420 g/mol. The van der Waals surface area contributed by atoms with Gasteiger partial charge in [-0.15, -0.1) is 0 Å². The number of benzene rings is 5.